The summed E-state index contributed by atoms with van der Waals surface area (Å²) in [7, 11) is 1.97. The van der Waals surface area contributed by atoms with Gasteiger partial charge in [0.05, 0.1) is 51.6 Å². The molecule has 0 radical (unpaired) electrons. The summed E-state index contributed by atoms with van der Waals surface area (Å²) in [5.41, 5.74) is 11.6. The van der Waals surface area contributed by atoms with E-state index >= 15 is 0 Å². The van der Waals surface area contributed by atoms with E-state index in [2.05, 4.69) is 40.2 Å². The Morgan fingerprint density at radius 3 is 2.29 bits per heavy atom. The van der Waals surface area contributed by atoms with Gasteiger partial charge in [-0.3, -0.25) is 29.5 Å². The lowest BCUT2D eigenvalue weighted by Crippen LogP contribution is -2.58. The molecule has 1 aliphatic carbocycles. The first-order valence-electron chi connectivity index (χ1n) is 24.9. The van der Waals surface area contributed by atoms with Crippen LogP contribution >= 0.6 is 11.3 Å². The van der Waals surface area contributed by atoms with Crippen molar-refractivity contribution in [2.45, 2.75) is 136 Å². The number of carbonyl (C=O) groups is 5. The molecule has 1 aromatic carbocycles. The number of amides is 5. The minimum Gasteiger partial charge on any atom is -0.508 e. The van der Waals surface area contributed by atoms with Gasteiger partial charge in [0.25, 0.3) is 5.91 Å². The van der Waals surface area contributed by atoms with Gasteiger partial charge in [-0.05, 0) is 87.2 Å². The van der Waals surface area contributed by atoms with Crippen molar-refractivity contribution in [1.82, 2.24) is 36.3 Å². The number of fused-ring (bicyclic) bond motifs is 1. The summed E-state index contributed by atoms with van der Waals surface area (Å²) in [5, 5.41) is 18.9. The average molecular weight is 989 g/mol. The first kappa shape index (κ1) is 57.1. The van der Waals surface area contributed by atoms with Crippen LogP contribution in [0.15, 0.2) is 23.6 Å². The van der Waals surface area contributed by atoms with Crippen molar-refractivity contribution in [2.24, 2.45) is 17.6 Å². The number of carbonyl (C=O) groups excluding carboxylic acids is 5. The van der Waals surface area contributed by atoms with E-state index in [1.165, 1.54) is 23.5 Å². The Kier molecular flexibility index (Phi) is 25.1. The Balaban J connectivity index is 1.40. The van der Waals surface area contributed by atoms with Crippen LogP contribution < -0.4 is 27.2 Å². The highest BCUT2D eigenvalue weighted by Gasteiger charge is 2.39. The molecule has 1 aliphatic heterocycles. The third kappa shape index (κ3) is 18.0. The number of nitrogens with one attached hydrogen (secondary N) is 4. The minimum absolute atomic E-state index is 0.0201. The number of rotatable bonds is 29. The molecule has 1 unspecified atom stereocenters. The summed E-state index contributed by atoms with van der Waals surface area (Å²) in [5.74, 6) is -2.10. The second kappa shape index (κ2) is 30.3. The van der Waals surface area contributed by atoms with Gasteiger partial charge in [0, 0.05) is 43.6 Å². The van der Waals surface area contributed by atoms with Gasteiger partial charge in [-0.1, -0.05) is 60.5 Å². The van der Waals surface area contributed by atoms with E-state index in [0.717, 1.165) is 50.6 Å². The van der Waals surface area contributed by atoms with Crippen LogP contribution in [0.5, 0.6) is 5.75 Å². The van der Waals surface area contributed by atoms with Crippen LogP contribution in [0, 0.1) is 11.8 Å². The Morgan fingerprint density at radius 2 is 1.64 bits per heavy atom. The summed E-state index contributed by atoms with van der Waals surface area (Å²) in [4.78, 5) is 77.2. The van der Waals surface area contributed by atoms with Gasteiger partial charge >= 0.3 is 6.09 Å². The van der Waals surface area contributed by atoms with Gasteiger partial charge in [-0.25, -0.2) is 15.2 Å². The molecular weight excluding hydrogens is 909 g/mol. The zero-order valence-electron chi connectivity index (χ0n) is 41.9. The number of hydrogen-bond acceptors (Lipinski definition) is 15. The number of ether oxygens (including phenoxy) is 5. The maximum Gasteiger partial charge on any atom is 0.426 e. The van der Waals surface area contributed by atoms with E-state index in [-0.39, 0.29) is 66.8 Å². The van der Waals surface area contributed by atoms with Gasteiger partial charge in [-0.2, -0.15) is 0 Å². The number of aromatic nitrogens is 1. The maximum absolute atomic E-state index is 14.7. The fraction of sp³-hybridized carbons (Fsp3) is 0.714. The van der Waals surface area contributed by atoms with Crippen LogP contribution in [0.4, 0.5) is 4.79 Å². The third-order valence-corrected chi connectivity index (χ3v) is 13.6. The Morgan fingerprint density at radius 1 is 0.928 bits per heavy atom. The molecule has 2 aliphatic rings. The highest BCUT2D eigenvalue weighted by atomic mass is 32.1. The maximum atomic E-state index is 14.7. The summed E-state index contributed by atoms with van der Waals surface area (Å²) in [6.45, 7) is 16.6. The van der Waals surface area contributed by atoms with E-state index < -0.39 is 42.0 Å². The van der Waals surface area contributed by atoms with E-state index in [1.807, 2.05) is 39.6 Å². The molecule has 5 amide bonds. The van der Waals surface area contributed by atoms with Crippen molar-refractivity contribution >= 4 is 41.1 Å². The molecular formula is C49H80N8O11S. The summed E-state index contributed by atoms with van der Waals surface area (Å²) in [6, 6.07) is 3.06. The van der Waals surface area contributed by atoms with Crippen LogP contribution in [0.25, 0.3) is 0 Å². The van der Waals surface area contributed by atoms with E-state index in [1.54, 1.807) is 11.4 Å². The lowest BCUT2D eigenvalue weighted by atomic mass is 9.79. The number of phenols is 1. The van der Waals surface area contributed by atoms with Gasteiger partial charge in [0.1, 0.15) is 35.2 Å². The van der Waals surface area contributed by atoms with Crippen molar-refractivity contribution in [3.63, 3.8) is 0 Å². The monoisotopic (exact) mass is 989 g/mol. The van der Waals surface area contributed by atoms with Crippen molar-refractivity contribution in [2.75, 3.05) is 79.5 Å². The number of hydrogen-bond donors (Lipinski definition) is 6. The lowest BCUT2D eigenvalue weighted by molar-refractivity contribution is -0.143. The van der Waals surface area contributed by atoms with Crippen LogP contribution in [0.3, 0.4) is 0 Å². The molecule has 4 rings (SSSR count). The van der Waals surface area contributed by atoms with E-state index in [9.17, 15) is 29.1 Å². The number of phenolic OH excluding ortho intramolecular Hbond substituents is 1. The van der Waals surface area contributed by atoms with Crippen molar-refractivity contribution in [1.29, 1.82) is 0 Å². The van der Waals surface area contributed by atoms with Crippen LogP contribution in [0.1, 0.15) is 132 Å². The van der Waals surface area contributed by atoms with Crippen molar-refractivity contribution < 1.29 is 52.8 Å². The van der Waals surface area contributed by atoms with Crippen molar-refractivity contribution in [3.8, 4) is 5.75 Å². The summed E-state index contributed by atoms with van der Waals surface area (Å²) in [6.07, 6.45) is 4.58. The number of nitrogens with two attached hydrogens (primary N) is 1. The normalized spacial score (nSPS) is 18.9. The SMILES string of the molecule is CCCO[C@H](CC(C(C)C)N(CCC)C(=O)[C@@H](NC(=O)[C@H]1CCCCN1C)[C@@H](C)CC)c1nc(C(=O)N[C@H]2Cc3ccc(O)cc3[C@H](C(=O)NNC(=O)OCCOCCOCCOCCN)C2)cs1. The highest BCUT2D eigenvalue weighted by molar-refractivity contribution is 7.09. The molecule has 1 fully saturated rings. The van der Waals surface area contributed by atoms with Gasteiger partial charge in [0.15, 0.2) is 0 Å². The smallest absolute Gasteiger partial charge is 0.426 e. The summed E-state index contributed by atoms with van der Waals surface area (Å²) < 4.78 is 27.6. The number of piperidine rings is 1. The fourth-order valence-electron chi connectivity index (χ4n) is 8.74. The predicted octanol–water partition coefficient (Wildman–Crippen LogP) is 4.58. The van der Waals surface area contributed by atoms with Crippen LogP contribution in [-0.2, 0) is 44.5 Å². The topological polar surface area (TPSA) is 245 Å². The first-order chi connectivity index (χ1) is 33.2. The van der Waals surface area contributed by atoms with E-state index in [4.69, 9.17) is 34.4 Å². The third-order valence-electron chi connectivity index (χ3n) is 12.7. The number of benzene rings is 1. The molecule has 0 saturated carbocycles. The highest BCUT2D eigenvalue weighted by Crippen LogP contribution is 2.35. The Hall–Kier alpha value is -4.44. The fourth-order valence-corrected chi connectivity index (χ4v) is 9.60. The van der Waals surface area contributed by atoms with Gasteiger partial charge in [0.2, 0.25) is 17.7 Å². The first-order valence-corrected chi connectivity index (χ1v) is 25.8. The molecule has 7 atom stereocenters. The van der Waals surface area contributed by atoms with Crippen LogP contribution in [0.2, 0.25) is 0 Å². The lowest BCUT2D eigenvalue weighted by Gasteiger charge is -2.40. The zero-order valence-corrected chi connectivity index (χ0v) is 42.7. The molecule has 0 spiro atoms. The second-order valence-electron chi connectivity index (χ2n) is 18.3. The van der Waals surface area contributed by atoms with E-state index in [0.29, 0.717) is 76.1 Å². The number of likely N-dealkylation sites (N-methyl/N-ethyl adjacent to an activating group) is 1. The average Bonchev–Trinajstić information content (AvgIpc) is 3.84. The molecule has 20 heteroatoms. The molecule has 0 bridgehead atoms. The zero-order chi connectivity index (χ0) is 50.3. The standard InChI is InChI=1S/C49H80N8O11S/c1-8-17-57(48(62)43(33(6)10-3)53-46(61)40-13-11-12-18-56(40)7)41(32(4)5)30-42(67-19-9-2)47-52-39(31-69-47)45(60)51-35-27-34-14-15-36(58)29-37(34)38(28-35)44(59)54-55-49(63)68-26-25-66-24-23-65-22-21-64-20-16-50/h14-15,29,31-33,35,38,40-43,58H,8-13,16-28,30,50H2,1-7H3,(H,51,60)(H,53,61)(H,54,59)(H,55,63)/t33-,35-,38+,40+,41?,42+,43-/m0/s1. The minimum atomic E-state index is -0.885. The molecule has 69 heavy (non-hydrogen) atoms. The molecule has 1 saturated heterocycles. The second-order valence-corrected chi connectivity index (χ2v) is 19.2. The number of nitrogens with zero attached hydrogens (tertiary/aromatic N) is 3. The molecule has 7 N–H and O–H groups in total. The number of hydrazine groups is 1. The Labute approximate surface area is 412 Å². The van der Waals surface area contributed by atoms with Crippen molar-refractivity contribution in [3.05, 3.63) is 45.4 Å². The predicted molar refractivity (Wildman–Crippen MR) is 263 cm³/mol. The molecule has 2 aromatic rings. The molecule has 388 valence electrons. The molecule has 2 heterocycles. The quantitative estimate of drug-likeness (QED) is 0.0483. The van der Waals surface area contributed by atoms with Gasteiger partial charge < -0.3 is 50.1 Å². The Bertz CT molecular complexity index is 1910. The molecule has 1 aromatic heterocycles. The van der Waals surface area contributed by atoms with Gasteiger partial charge in [-0.15, -0.1) is 11.3 Å². The van der Waals surface area contributed by atoms with Crippen LogP contribution in [-0.4, -0.2) is 153 Å². The molecule has 19 nitrogen and oxygen atoms in total. The number of aromatic hydroxyl groups is 1. The largest absolute Gasteiger partial charge is 0.508 e. The number of thiazole rings is 1. The summed E-state index contributed by atoms with van der Waals surface area (Å²) >= 11 is 1.32. The number of likely N-dealkylation sites (tertiary alicyclic amines) is 1.